The predicted octanol–water partition coefficient (Wildman–Crippen LogP) is 4.68. The normalized spacial score (nSPS) is 11.7. The lowest BCUT2D eigenvalue weighted by atomic mass is 10.0. The SMILES string of the molecule is Cc1ccc([C@@H](C)NCc2ccc(-c3cc(C(=O)O)ccc3C#N)o2)cc1. The number of carbonyl (C=O) groups is 1. The number of furan rings is 1. The van der Waals surface area contributed by atoms with Gasteiger partial charge in [-0.15, -0.1) is 0 Å². The minimum atomic E-state index is -1.04. The van der Waals surface area contributed by atoms with Crippen LogP contribution in [-0.4, -0.2) is 11.1 Å². The van der Waals surface area contributed by atoms with E-state index in [4.69, 9.17) is 4.42 Å². The van der Waals surface area contributed by atoms with Crippen LogP contribution in [-0.2, 0) is 6.54 Å². The predicted molar refractivity (Wildman–Crippen MR) is 102 cm³/mol. The van der Waals surface area contributed by atoms with Crippen molar-refractivity contribution in [3.05, 3.63) is 82.6 Å². The van der Waals surface area contributed by atoms with Crippen LogP contribution in [0.4, 0.5) is 0 Å². The molecule has 136 valence electrons. The smallest absolute Gasteiger partial charge is 0.335 e. The molecule has 0 radical (unpaired) electrons. The second kappa shape index (κ2) is 7.90. The fourth-order valence-corrected chi connectivity index (χ4v) is 2.82. The van der Waals surface area contributed by atoms with E-state index in [0.29, 0.717) is 29.2 Å². The molecule has 0 spiro atoms. The fraction of sp³-hybridized carbons (Fsp3) is 0.182. The van der Waals surface area contributed by atoms with Crippen molar-refractivity contribution in [2.24, 2.45) is 0 Å². The Morgan fingerprint density at radius 2 is 1.93 bits per heavy atom. The minimum absolute atomic E-state index is 0.119. The molecule has 0 bridgehead atoms. The number of nitriles is 1. The summed E-state index contributed by atoms with van der Waals surface area (Å²) in [5, 5.41) is 21.9. The third-order valence-electron chi connectivity index (χ3n) is 4.47. The maximum Gasteiger partial charge on any atom is 0.335 e. The third-order valence-corrected chi connectivity index (χ3v) is 4.47. The quantitative estimate of drug-likeness (QED) is 0.667. The summed E-state index contributed by atoms with van der Waals surface area (Å²) < 4.78 is 5.85. The molecule has 5 heteroatoms. The summed E-state index contributed by atoms with van der Waals surface area (Å²) in [6, 6.07) is 18.6. The number of hydrogen-bond acceptors (Lipinski definition) is 4. The van der Waals surface area contributed by atoms with Gasteiger partial charge in [0.15, 0.2) is 0 Å². The van der Waals surface area contributed by atoms with Gasteiger partial charge in [0.1, 0.15) is 11.5 Å². The zero-order chi connectivity index (χ0) is 19.4. The molecule has 0 unspecified atom stereocenters. The number of rotatable bonds is 6. The maximum atomic E-state index is 11.2. The first-order valence-corrected chi connectivity index (χ1v) is 8.64. The summed E-state index contributed by atoms with van der Waals surface area (Å²) in [7, 11) is 0. The van der Waals surface area contributed by atoms with E-state index in [-0.39, 0.29) is 11.6 Å². The monoisotopic (exact) mass is 360 g/mol. The van der Waals surface area contributed by atoms with Crippen LogP contribution in [0.1, 0.15) is 45.8 Å². The molecule has 3 rings (SSSR count). The van der Waals surface area contributed by atoms with Crippen molar-refractivity contribution >= 4 is 5.97 Å². The van der Waals surface area contributed by atoms with Crippen LogP contribution in [0, 0.1) is 18.3 Å². The number of nitrogens with one attached hydrogen (secondary N) is 1. The zero-order valence-corrected chi connectivity index (χ0v) is 15.2. The van der Waals surface area contributed by atoms with Crippen molar-refractivity contribution in [2.45, 2.75) is 26.4 Å². The van der Waals surface area contributed by atoms with Gasteiger partial charge in [0.05, 0.1) is 23.7 Å². The Morgan fingerprint density at radius 1 is 1.19 bits per heavy atom. The standard InChI is InChI=1S/C22H20N2O3/c1-14-3-5-16(6-4-14)15(2)24-13-19-9-10-21(27-19)20-11-17(22(25)26)7-8-18(20)12-23/h3-11,15,24H,13H2,1-2H3,(H,25,26)/t15-/m1/s1. The van der Waals surface area contributed by atoms with Crippen molar-refractivity contribution < 1.29 is 14.3 Å². The average molecular weight is 360 g/mol. The van der Waals surface area contributed by atoms with Gasteiger partial charge < -0.3 is 14.8 Å². The second-order valence-electron chi connectivity index (χ2n) is 6.46. The molecule has 0 saturated heterocycles. The highest BCUT2D eigenvalue weighted by molar-refractivity contribution is 5.90. The zero-order valence-electron chi connectivity index (χ0n) is 15.2. The van der Waals surface area contributed by atoms with Gasteiger partial charge in [0, 0.05) is 11.6 Å². The van der Waals surface area contributed by atoms with Gasteiger partial charge in [-0.2, -0.15) is 5.26 Å². The van der Waals surface area contributed by atoms with Crippen molar-refractivity contribution in [2.75, 3.05) is 0 Å². The van der Waals surface area contributed by atoms with E-state index in [2.05, 4.69) is 49.5 Å². The van der Waals surface area contributed by atoms with Crippen molar-refractivity contribution in [3.63, 3.8) is 0 Å². The van der Waals surface area contributed by atoms with Crippen LogP contribution in [0.25, 0.3) is 11.3 Å². The minimum Gasteiger partial charge on any atom is -0.478 e. The topological polar surface area (TPSA) is 86.3 Å². The number of aryl methyl sites for hydroxylation is 1. The van der Waals surface area contributed by atoms with Crippen LogP contribution in [0.5, 0.6) is 0 Å². The molecule has 1 aromatic heterocycles. The Kier molecular flexibility index (Phi) is 5.39. The summed E-state index contributed by atoms with van der Waals surface area (Å²) in [6.07, 6.45) is 0. The maximum absolute atomic E-state index is 11.2. The molecule has 2 N–H and O–H groups in total. The highest BCUT2D eigenvalue weighted by Gasteiger charge is 2.14. The molecule has 0 aliphatic carbocycles. The van der Waals surface area contributed by atoms with E-state index in [1.807, 2.05) is 6.07 Å². The Balaban J connectivity index is 1.75. The first-order valence-electron chi connectivity index (χ1n) is 8.64. The van der Waals surface area contributed by atoms with Gasteiger partial charge in [-0.1, -0.05) is 29.8 Å². The molecule has 3 aromatic rings. The Hall–Kier alpha value is -3.36. The van der Waals surface area contributed by atoms with Crippen molar-refractivity contribution in [1.29, 1.82) is 5.26 Å². The lowest BCUT2D eigenvalue weighted by molar-refractivity contribution is 0.0697. The first kappa shape index (κ1) is 18.4. The van der Waals surface area contributed by atoms with Crippen LogP contribution in [0.2, 0.25) is 0 Å². The van der Waals surface area contributed by atoms with Gasteiger partial charge >= 0.3 is 5.97 Å². The summed E-state index contributed by atoms with van der Waals surface area (Å²) in [6.45, 7) is 4.66. The van der Waals surface area contributed by atoms with E-state index in [1.165, 1.54) is 29.3 Å². The molecule has 0 amide bonds. The van der Waals surface area contributed by atoms with E-state index in [1.54, 1.807) is 6.07 Å². The molecule has 2 aromatic carbocycles. The Labute approximate surface area is 157 Å². The van der Waals surface area contributed by atoms with Crippen molar-refractivity contribution in [3.8, 4) is 17.4 Å². The molecule has 27 heavy (non-hydrogen) atoms. The number of aromatic carboxylic acids is 1. The van der Waals surface area contributed by atoms with E-state index in [9.17, 15) is 15.2 Å². The lowest BCUT2D eigenvalue weighted by Gasteiger charge is -2.13. The molecule has 0 saturated carbocycles. The number of carboxylic acid groups (broad SMARTS) is 1. The van der Waals surface area contributed by atoms with E-state index < -0.39 is 5.97 Å². The molecule has 5 nitrogen and oxygen atoms in total. The van der Waals surface area contributed by atoms with Crippen LogP contribution in [0.3, 0.4) is 0 Å². The summed E-state index contributed by atoms with van der Waals surface area (Å²) in [4.78, 5) is 11.2. The molecule has 0 aliphatic rings. The highest BCUT2D eigenvalue weighted by atomic mass is 16.4. The average Bonchev–Trinajstić information content (AvgIpc) is 3.15. The first-order chi connectivity index (χ1) is 13.0. The summed E-state index contributed by atoms with van der Waals surface area (Å²) in [5.41, 5.74) is 3.39. The summed E-state index contributed by atoms with van der Waals surface area (Å²) >= 11 is 0. The molecule has 1 atom stereocenters. The summed E-state index contributed by atoms with van der Waals surface area (Å²) in [5.74, 6) is 0.157. The molecule has 0 aliphatic heterocycles. The Morgan fingerprint density at radius 3 is 2.59 bits per heavy atom. The van der Waals surface area contributed by atoms with Gasteiger partial charge in [0.2, 0.25) is 0 Å². The third kappa shape index (κ3) is 4.25. The van der Waals surface area contributed by atoms with Gasteiger partial charge in [0.25, 0.3) is 0 Å². The van der Waals surface area contributed by atoms with Crippen LogP contribution >= 0.6 is 0 Å². The lowest BCUT2D eigenvalue weighted by Crippen LogP contribution is -2.17. The number of benzene rings is 2. The highest BCUT2D eigenvalue weighted by Crippen LogP contribution is 2.27. The number of nitrogens with zero attached hydrogens (tertiary/aromatic N) is 1. The largest absolute Gasteiger partial charge is 0.478 e. The van der Waals surface area contributed by atoms with Gasteiger partial charge in [-0.25, -0.2) is 4.79 Å². The van der Waals surface area contributed by atoms with Crippen molar-refractivity contribution in [1.82, 2.24) is 5.32 Å². The van der Waals surface area contributed by atoms with Gasteiger partial charge in [-0.05, 0) is 49.7 Å². The molecule has 0 fully saturated rings. The molecule has 1 heterocycles. The van der Waals surface area contributed by atoms with E-state index in [0.717, 1.165) is 0 Å². The second-order valence-corrected chi connectivity index (χ2v) is 6.46. The molecular formula is C22H20N2O3. The van der Waals surface area contributed by atoms with Gasteiger partial charge in [-0.3, -0.25) is 0 Å². The number of hydrogen-bond donors (Lipinski definition) is 2. The van der Waals surface area contributed by atoms with Crippen LogP contribution < -0.4 is 5.32 Å². The number of carboxylic acids is 1. The van der Waals surface area contributed by atoms with Crippen LogP contribution in [0.15, 0.2) is 59.0 Å². The van der Waals surface area contributed by atoms with E-state index >= 15 is 0 Å². The Bertz CT molecular complexity index is 997. The fourth-order valence-electron chi connectivity index (χ4n) is 2.82. The molecular weight excluding hydrogens is 340 g/mol.